The molecule has 0 bridgehead atoms. The number of imidazole rings is 1. The van der Waals surface area contributed by atoms with E-state index in [0.717, 1.165) is 17.8 Å². The minimum absolute atomic E-state index is 0.161. The first kappa shape index (κ1) is 12.3. The SMILES string of the molecule is CNC1(Cc2nc3ncnc(N)c3[nH]2)CCCCC1. The molecule has 1 aliphatic carbocycles. The maximum absolute atomic E-state index is 5.83. The lowest BCUT2D eigenvalue weighted by Crippen LogP contribution is -2.46. The van der Waals surface area contributed by atoms with Crippen LogP contribution in [0.5, 0.6) is 0 Å². The summed E-state index contributed by atoms with van der Waals surface area (Å²) in [7, 11) is 2.04. The van der Waals surface area contributed by atoms with Gasteiger partial charge >= 0.3 is 0 Å². The van der Waals surface area contributed by atoms with E-state index in [9.17, 15) is 0 Å². The first-order valence-electron chi connectivity index (χ1n) is 6.86. The third kappa shape index (κ3) is 2.28. The molecule has 0 atom stereocenters. The van der Waals surface area contributed by atoms with Gasteiger partial charge in [-0.25, -0.2) is 15.0 Å². The first-order valence-corrected chi connectivity index (χ1v) is 6.86. The van der Waals surface area contributed by atoms with Crippen LogP contribution in [-0.2, 0) is 6.42 Å². The van der Waals surface area contributed by atoms with E-state index in [2.05, 4.69) is 25.3 Å². The van der Waals surface area contributed by atoms with Crippen LogP contribution < -0.4 is 11.1 Å². The number of nitrogen functional groups attached to an aromatic ring is 1. The molecular formula is C13H20N6. The number of hydrogen-bond donors (Lipinski definition) is 3. The zero-order chi connectivity index (χ0) is 13.3. The van der Waals surface area contributed by atoms with Crippen molar-refractivity contribution in [2.75, 3.05) is 12.8 Å². The number of hydrogen-bond acceptors (Lipinski definition) is 5. The van der Waals surface area contributed by atoms with Crippen LogP contribution in [0.4, 0.5) is 5.82 Å². The standard InChI is InChI=1S/C13H20N6/c1-15-13(5-3-2-4-6-13)7-9-18-10-11(14)16-8-17-12(10)19-9/h8,15H,2-7H2,1H3,(H3,14,16,17,18,19). The van der Waals surface area contributed by atoms with Crippen LogP contribution in [-0.4, -0.2) is 32.5 Å². The molecule has 0 saturated heterocycles. The number of nitrogens with zero attached hydrogens (tertiary/aromatic N) is 3. The Hall–Kier alpha value is -1.69. The predicted molar refractivity (Wildman–Crippen MR) is 74.7 cm³/mol. The monoisotopic (exact) mass is 260 g/mol. The highest BCUT2D eigenvalue weighted by molar-refractivity contribution is 5.80. The zero-order valence-electron chi connectivity index (χ0n) is 11.2. The third-order valence-electron chi connectivity index (χ3n) is 4.21. The molecule has 0 spiro atoms. The van der Waals surface area contributed by atoms with Gasteiger partial charge in [0.05, 0.1) is 0 Å². The number of H-pyrrole nitrogens is 1. The van der Waals surface area contributed by atoms with Crippen molar-refractivity contribution in [3.05, 3.63) is 12.2 Å². The minimum Gasteiger partial charge on any atom is -0.382 e. The van der Waals surface area contributed by atoms with Crippen molar-refractivity contribution >= 4 is 17.0 Å². The Morgan fingerprint density at radius 2 is 2.11 bits per heavy atom. The normalized spacial score (nSPS) is 18.8. The van der Waals surface area contributed by atoms with E-state index in [4.69, 9.17) is 5.73 Å². The Kier molecular flexibility index (Phi) is 3.10. The third-order valence-corrected chi connectivity index (χ3v) is 4.21. The summed E-state index contributed by atoms with van der Waals surface area (Å²) in [4.78, 5) is 15.9. The lowest BCUT2D eigenvalue weighted by Gasteiger charge is -2.36. The zero-order valence-corrected chi connectivity index (χ0v) is 11.2. The van der Waals surface area contributed by atoms with Crippen LogP contribution in [0.2, 0.25) is 0 Å². The van der Waals surface area contributed by atoms with Gasteiger partial charge in [-0.1, -0.05) is 19.3 Å². The van der Waals surface area contributed by atoms with Crippen molar-refractivity contribution in [2.45, 2.75) is 44.1 Å². The molecule has 0 aliphatic heterocycles. The van der Waals surface area contributed by atoms with E-state index in [1.54, 1.807) is 0 Å². The molecule has 2 heterocycles. The molecule has 2 aromatic rings. The minimum atomic E-state index is 0.161. The maximum atomic E-state index is 5.83. The number of likely N-dealkylation sites (N-methyl/N-ethyl adjacent to an activating group) is 1. The topological polar surface area (TPSA) is 92.5 Å². The maximum Gasteiger partial charge on any atom is 0.183 e. The molecule has 4 N–H and O–H groups in total. The lowest BCUT2D eigenvalue weighted by molar-refractivity contribution is 0.241. The van der Waals surface area contributed by atoms with Crippen LogP contribution in [0.25, 0.3) is 11.2 Å². The van der Waals surface area contributed by atoms with Crippen LogP contribution >= 0.6 is 0 Å². The van der Waals surface area contributed by atoms with Gasteiger partial charge in [0.15, 0.2) is 11.5 Å². The molecule has 0 aromatic carbocycles. The molecule has 2 aromatic heterocycles. The van der Waals surface area contributed by atoms with Gasteiger partial charge in [0, 0.05) is 12.0 Å². The quantitative estimate of drug-likeness (QED) is 0.775. The van der Waals surface area contributed by atoms with Crippen molar-refractivity contribution in [1.82, 2.24) is 25.3 Å². The average Bonchev–Trinajstić information content (AvgIpc) is 2.83. The molecule has 6 heteroatoms. The van der Waals surface area contributed by atoms with E-state index in [1.807, 2.05) is 7.05 Å². The second kappa shape index (κ2) is 4.77. The molecule has 3 rings (SSSR count). The summed E-state index contributed by atoms with van der Waals surface area (Å²) in [5.74, 6) is 1.41. The predicted octanol–water partition coefficient (Wildman–Crippen LogP) is 1.40. The molecule has 1 aliphatic rings. The van der Waals surface area contributed by atoms with E-state index in [0.29, 0.717) is 11.5 Å². The van der Waals surface area contributed by atoms with Crippen molar-refractivity contribution in [2.24, 2.45) is 0 Å². The summed E-state index contributed by atoms with van der Waals surface area (Å²) in [6.07, 6.45) is 8.63. The van der Waals surface area contributed by atoms with Crippen molar-refractivity contribution in [3.8, 4) is 0 Å². The molecular weight excluding hydrogens is 240 g/mol. The summed E-state index contributed by atoms with van der Waals surface area (Å²) in [5, 5.41) is 3.50. The fourth-order valence-electron chi connectivity index (χ4n) is 3.04. The fraction of sp³-hybridized carbons (Fsp3) is 0.615. The first-order chi connectivity index (χ1) is 9.22. The molecule has 19 heavy (non-hydrogen) atoms. The number of anilines is 1. The summed E-state index contributed by atoms with van der Waals surface area (Å²) in [5.41, 5.74) is 7.40. The van der Waals surface area contributed by atoms with Crippen LogP contribution in [0, 0.1) is 0 Å². The largest absolute Gasteiger partial charge is 0.382 e. The molecule has 102 valence electrons. The lowest BCUT2D eigenvalue weighted by atomic mass is 9.79. The number of nitrogens with one attached hydrogen (secondary N) is 2. The van der Waals surface area contributed by atoms with Gasteiger partial charge in [-0.15, -0.1) is 0 Å². The molecule has 0 radical (unpaired) electrons. The molecule has 0 unspecified atom stereocenters. The smallest absolute Gasteiger partial charge is 0.183 e. The summed E-state index contributed by atoms with van der Waals surface area (Å²) in [6, 6.07) is 0. The Labute approximate surface area is 112 Å². The van der Waals surface area contributed by atoms with Gasteiger partial charge in [-0.3, -0.25) is 0 Å². The molecule has 1 fully saturated rings. The number of aromatic amines is 1. The summed E-state index contributed by atoms with van der Waals surface area (Å²) in [6.45, 7) is 0. The molecule has 6 nitrogen and oxygen atoms in total. The van der Waals surface area contributed by atoms with Gasteiger partial charge in [0.25, 0.3) is 0 Å². The van der Waals surface area contributed by atoms with Gasteiger partial charge < -0.3 is 16.0 Å². The Morgan fingerprint density at radius 1 is 1.32 bits per heavy atom. The summed E-state index contributed by atoms with van der Waals surface area (Å²) >= 11 is 0. The van der Waals surface area contributed by atoms with E-state index < -0.39 is 0 Å². The highest BCUT2D eigenvalue weighted by atomic mass is 15.1. The van der Waals surface area contributed by atoms with Gasteiger partial charge in [0.1, 0.15) is 17.7 Å². The second-order valence-corrected chi connectivity index (χ2v) is 5.41. The fourth-order valence-corrected chi connectivity index (χ4v) is 3.04. The Morgan fingerprint density at radius 3 is 2.79 bits per heavy atom. The second-order valence-electron chi connectivity index (χ2n) is 5.41. The van der Waals surface area contributed by atoms with Crippen molar-refractivity contribution < 1.29 is 0 Å². The van der Waals surface area contributed by atoms with Crippen LogP contribution in [0.3, 0.4) is 0 Å². The highest BCUT2D eigenvalue weighted by Gasteiger charge is 2.31. The molecule has 0 amide bonds. The number of aromatic nitrogens is 4. The number of fused-ring (bicyclic) bond motifs is 1. The number of rotatable bonds is 3. The van der Waals surface area contributed by atoms with Gasteiger partial charge in [-0.05, 0) is 19.9 Å². The molecule has 1 saturated carbocycles. The van der Waals surface area contributed by atoms with E-state index in [-0.39, 0.29) is 5.54 Å². The van der Waals surface area contributed by atoms with Crippen LogP contribution in [0.15, 0.2) is 6.33 Å². The van der Waals surface area contributed by atoms with Crippen molar-refractivity contribution in [1.29, 1.82) is 0 Å². The van der Waals surface area contributed by atoms with Gasteiger partial charge in [-0.2, -0.15) is 0 Å². The number of nitrogens with two attached hydrogens (primary N) is 1. The average molecular weight is 260 g/mol. The van der Waals surface area contributed by atoms with E-state index >= 15 is 0 Å². The van der Waals surface area contributed by atoms with E-state index in [1.165, 1.54) is 38.4 Å². The van der Waals surface area contributed by atoms with Crippen LogP contribution in [0.1, 0.15) is 37.9 Å². The Bertz CT molecular complexity index is 570. The summed E-state index contributed by atoms with van der Waals surface area (Å²) < 4.78 is 0. The Balaban J connectivity index is 1.89. The van der Waals surface area contributed by atoms with Crippen molar-refractivity contribution in [3.63, 3.8) is 0 Å². The van der Waals surface area contributed by atoms with Gasteiger partial charge in [0.2, 0.25) is 0 Å². The highest BCUT2D eigenvalue weighted by Crippen LogP contribution is 2.30.